The molecule has 5 unspecified atom stereocenters. The van der Waals surface area contributed by atoms with Gasteiger partial charge < -0.3 is 31.9 Å². The lowest BCUT2D eigenvalue weighted by Gasteiger charge is -2.27. The minimum Gasteiger partial charge on any atom is -0.481 e. The first-order chi connectivity index (χ1) is 15.2. The van der Waals surface area contributed by atoms with Gasteiger partial charge in [-0.15, -0.1) is 0 Å². The third-order valence-electron chi connectivity index (χ3n) is 5.42. The zero-order chi connectivity index (χ0) is 25.9. The fraction of sp³-hybridized carbons (Fsp3) is 0.773. The molecule has 0 saturated heterocycles. The summed E-state index contributed by atoms with van der Waals surface area (Å²) < 4.78 is 0. The minimum atomic E-state index is -1.29. The maximum atomic E-state index is 13.0. The zero-order valence-electron chi connectivity index (χ0n) is 20.4. The number of hydrogen-bond donors (Lipinski definition) is 6. The van der Waals surface area contributed by atoms with E-state index >= 15 is 0 Å². The van der Waals surface area contributed by atoms with Crippen molar-refractivity contribution in [2.75, 3.05) is 0 Å². The summed E-state index contributed by atoms with van der Waals surface area (Å²) in [7, 11) is 0. The first-order valence-corrected chi connectivity index (χ1v) is 11.3. The summed E-state index contributed by atoms with van der Waals surface area (Å²) in [4.78, 5) is 60.8. The summed E-state index contributed by atoms with van der Waals surface area (Å²) in [6.45, 7) is 10.7. The first kappa shape index (κ1) is 30.3. The van der Waals surface area contributed by atoms with Crippen LogP contribution in [0.2, 0.25) is 0 Å². The number of nitrogens with two attached hydrogens (primary N) is 1. The Morgan fingerprint density at radius 2 is 1.33 bits per heavy atom. The second-order valence-corrected chi connectivity index (χ2v) is 9.16. The molecule has 0 aromatic rings. The van der Waals surface area contributed by atoms with Crippen LogP contribution in [0.5, 0.6) is 0 Å². The standard InChI is InChI=1S/C22H40N4O7/c1-7-13(6)18(22(32)33)26-19(29)14(8-9-16(27)28)24-20(30)15(10-11(2)3)25-21(31)17(23)12(4)5/h11-15,17-18H,7-10,23H2,1-6H3,(H,24,30)(H,25,31)(H,26,29)(H,27,28)(H,32,33). The summed E-state index contributed by atoms with van der Waals surface area (Å²) in [5, 5.41) is 26.0. The van der Waals surface area contributed by atoms with Gasteiger partial charge in [-0.1, -0.05) is 48.0 Å². The van der Waals surface area contributed by atoms with Crippen molar-refractivity contribution in [3.8, 4) is 0 Å². The van der Waals surface area contributed by atoms with Gasteiger partial charge in [0.15, 0.2) is 0 Å². The molecule has 0 rings (SSSR count). The fourth-order valence-electron chi connectivity index (χ4n) is 3.02. The lowest BCUT2D eigenvalue weighted by Crippen LogP contribution is -2.58. The Bertz CT molecular complexity index is 696. The molecule has 3 amide bonds. The predicted octanol–water partition coefficient (Wildman–Crippen LogP) is 0.466. The van der Waals surface area contributed by atoms with Gasteiger partial charge in [0.2, 0.25) is 17.7 Å². The van der Waals surface area contributed by atoms with Gasteiger partial charge in [-0.3, -0.25) is 19.2 Å². The van der Waals surface area contributed by atoms with Crippen LogP contribution in [0.25, 0.3) is 0 Å². The van der Waals surface area contributed by atoms with Crippen molar-refractivity contribution in [1.29, 1.82) is 0 Å². The van der Waals surface area contributed by atoms with E-state index < -0.39 is 60.2 Å². The number of aliphatic carboxylic acids is 2. The van der Waals surface area contributed by atoms with Gasteiger partial charge in [0.25, 0.3) is 0 Å². The van der Waals surface area contributed by atoms with Crippen molar-refractivity contribution in [3.63, 3.8) is 0 Å². The fourth-order valence-corrected chi connectivity index (χ4v) is 3.02. The number of carboxylic acid groups (broad SMARTS) is 2. The number of hydrogen-bond acceptors (Lipinski definition) is 6. The highest BCUT2D eigenvalue weighted by Gasteiger charge is 2.32. The van der Waals surface area contributed by atoms with E-state index in [1.165, 1.54) is 0 Å². The normalized spacial score (nSPS) is 15.8. The van der Waals surface area contributed by atoms with E-state index in [1.807, 2.05) is 13.8 Å². The predicted molar refractivity (Wildman–Crippen MR) is 122 cm³/mol. The summed E-state index contributed by atoms with van der Waals surface area (Å²) >= 11 is 0. The van der Waals surface area contributed by atoms with Gasteiger partial charge in [-0.2, -0.15) is 0 Å². The number of carboxylic acids is 2. The Labute approximate surface area is 195 Å². The van der Waals surface area contributed by atoms with E-state index in [0.717, 1.165) is 0 Å². The van der Waals surface area contributed by atoms with Crippen LogP contribution in [0.1, 0.15) is 67.2 Å². The molecule has 0 aliphatic heterocycles. The molecule has 0 spiro atoms. The Morgan fingerprint density at radius 3 is 1.76 bits per heavy atom. The third-order valence-corrected chi connectivity index (χ3v) is 5.42. The van der Waals surface area contributed by atoms with Gasteiger partial charge in [0.05, 0.1) is 6.04 Å². The van der Waals surface area contributed by atoms with Crippen molar-refractivity contribution >= 4 is 29.7 Å². The van der Waals surface area contributed by atoms with E-state index in [9.17, 15) is 29.1 Å². The second-order valence-electron chi connectivity index (χ2n) is 9.16. The van der Waals surface area contributed by atoms with E-state index in [4.69, 9.17) is 10.8 Å². The van der Waals surface area contributed by atoms with Crippen LogP contribution in [0.4, 0.5) is 0 Å². The van der Waals surface area contributed by atoms with E-state index in [1.54, 1.807) is 27.7 Å². The van der Waals surface area contributed by atoms with E-state index in [0.29, 0.717) is 6.42 Å². The zero-order valence-corrected chi connectivity index (χ0v) is 20.4. The molecule has 0 heterocycles. The average molecular weight is 473 g/mol. The van der Waals surface area contributed by atoms with Crippen LogP contribution in [0, 0.1) is 17.8 Å². The maximum Gasteiger partial charge on any atom is 0.326 e. The summed E-state index contributed by atoms with van der Waals surface area (Å²) in [6.07, 6.45) is 0.0920. The Morgan fingerprint density at radius 1 is 0.818 bits per heavy atom. The second kappa shape index (κ2) is 14.5. The molecule has 7 N–H and O–H groups in total. The van der Waals surface area contributed by atoms with Crippen LogP contribution in [0.15, 0.2) is 0 Å². The molecule has 0 radical (unpaired) electrons. The molecule has 5 atom stereocenters. The Hall–Kier alpha value is -2.69. The van der Waals surface area contributed by atoms with Crippen molar-refractivity contribution in [1.82, 2.24) is 16.0 Å². The third kappa shape index (κ3) is 11.1. The van der Waals surface area contributed by atoms with Crippen LogP contribution in [-0.2, 0) is 24.0 Å². The number of rotatable bonds is 15. The van der Waals surface area contributed by atoms with Crippen molar-refractivity contribution < 1.29 is 34.2 Å². The molecular formula is C22H40N4O7. The Kier molecular flexibility index (Phi) is 13.3. The average Bonchev–Trinajstić information content (AvgIpc) is 2.71. The maximum absolute atomic E-state index is 13.0. The molecule has 0 saturated carbocycles. The molecule has 0 aliphatic carbocycles. The molecule has 11 nitrogen and oxygen atoms in total. The van der Waals surface area contributed by atoms with Crippen molar-refractivity contribution in [3.05, 3.63) is 0 Å². The highest BCUT2D eigenvalue weighted by Crippen LogP contribution is 2.11. The molecule has 0 aromatic heterocycles. The van der Waals surface area contributed by atoms with Crippen molar-refractivity contribution in [2.24, 2.45) is 23.5 Å². The summed E-state index contributed by atoms with van der Waals surface area (Å²) in [5.41, 5.74) is 5.87. The summed E-state index contributed by atoms with van der Waals surface area (Å²) in [5.74, 6) is -4.91. The highest BCUT2D eigenvalue weighted by molar-refractivity contribution is 5.94. The largest absolute Gasteiger partial charge is 0.481 e. The van der Waals surface area contributed by atoms with Crippen LogP contribution in [0.3, 0.4) is 0 Å². The highest BCUT2D eigenvalue weighted by atomic mass is 16.4. The topological polar surface area (TPSA) is 188 Å². The summed E-state index contributed by atoms with van der Waals surface area (Å²) in [6, 6.07) is -4.30. The molecule has 11 heteroatoms. The van der Waals surface area contributed by atoms with Crippen LogP contribution in [-0.4, -0.2) is 64.0 Å². The van der Waals surface area contributed by atoms with Crippen molar-refractivity contribution in [2.45, 2.75) is 91.4 Å². The van der Waals surface area contributed by atoms with Crippen LogP contribution >= 0.6 is 0 Å². The first-order valence-electron chi connectivity index (χ1n) is 11.3. The number of amides is 3. The molecule has 190 valence electrons. The molecule has 0 aromatic carbocycles. The number of carbonyl (C=O) groups is 5. The Balaban J connectivity index is 5.63. The molecule has 0 bridgehead atoms. The van der Waals surface area contributed by atoms with Gasteiger partial charge in [-0.25, -0.2) is 4.79 Å². The molecule has 0 fully saturated rings. The van der Waals surface area contributed by atoms with Crippen LogP contribution < -0.4 is 21.7 Å². The van der Waals surface area contributed by atoms with E-state index in [-0.39, 0.29) is 30.6 Å². The lowest BCUT2D eigenvalue weighted by molar-refractivity contribution is -0.144. The smallest absolute Gasteiger partial charge is 0.326 e. The van der Waals surface area contributed by atoms with Gasteiger partial charge in [0, 0.05) is 6.42 Å². The minimum absolute atomic E-state index is 0.0180. The molecule has 33 heavy (non-hydrogen) atoms. The number of carbonyl (C=O) groups excluding carboxylic acids is 3. The molecule has 0 aliphatic rings. The monoisotopic (exact) mass is 472 g/mol. The molecular weight excluding hydrogens is 432 g/mol. The van der Waals surface area contributed by atoms with E-state index in [2.05, 4.69) is 16.0 Å². The number of nitrogens with one attached hydrogen (secondary N) is 3. The van der Waals surface area contributed by atoms with Gasteiger partial charge >= 0.3 is 11.9 Å². The quantitative estimate of drug-likeness (QED) is 0.198. The lowest BCUT2D eigenvalue weighted by atomic mass is 9.98. The SMILES string of the molecule is CCC(C)C(NC(=O)C(CCC(=O)O)NC(=O)C(CC(C)C)NC(=O)C(N)C(C)C)C(=O)O. The van der Waals surface area contributed by atoms with Gasteiger partial charge in [0.1, 0.15) is 18.1 Å². The van der Waals surface area contributed by atoms with Gasteiger partial charge in [-0.05, 0) is 30.6 Å².